The van der Waals surface area contributed by atoms with Crippen LogP contribution in [0.5, 0.6) is 0 Å². The van der Waals surface area contributed by atoms with Gasteiger partial charge in [-0.3, -0.25) is 0 Å². The van der Waals surface area contributed by atoms with E-state index >= 15 is 0 Å². The predicted molar refractivity (Wildman–Crippen MR) is 56.8 cm³/mol. The molecule has 13 heavy (non-hydrogen) atoms. The van der Waals surface area contributed by atoms with E-state index in [4.69, 9.17) is 0 Å². The van der Waals surface area contributed by atoms with Crippen molar-refractivity contribution in [1.29, 1.82) is 0 Å². The Morgan fingerprint density at radius 2 is 1.85 bits per heavy atom. The van der Waals surface area contributed by atoms with Crippen molar-refractivity contribution in [2.75, 3.05) is 19.6 Å². The molecule has 0 amide bonds. The van der Waals surface area contributed by atoms with Gasteiger partial charge in [0.15, 0.2) is 0 Å². The molecule has 2 aliphatic rings. The molecule has 76 valence electrons. The number of piperidine rings is 1. The van der Waals surface area contributed by atoms with Gasteiger partial charge in [-0.25, -0.2) is 0 Å². The van der Waals surface area contributed by atoms with Gasteiger partial charge in [0.25, 0.3) is 0 Å². The summed E-state index contributed by atoms with van der Waals surface area (Å²) in [6.45, 7) is 6.56. The number of rotatable bonds is 2. The number of likely N-dealkylation sites (tertiary alicyclic amines) is 1. The Kier molecular flexibility index (Phi) is 3.26. The van der Waals surface area contributed by atoms with Gasteiger partial charge in [-0.2, -0.15) is 0 Å². The molecule has 0 bridgehead atoms. The summed E-state index contributed by atoms with van der Waals surface area (Å²) in [7, 11) is 0. The summed E-state index contributed by atoms with van der Waals surface area (Å²) in [5.74, 6) is 2.00. The highest BCUT2D eigenvalue weighted by atomic mass is 15.1. The molecule has 1 atom stereocenters. The van der Waals surface area contributed by atoms with Gasteiger partial charge in [0, 0.05) is 13.1 Å². The fourth-order valence-corrected chi connectivity index (χ4v) is 3.01. The Labute approximate surface area is 82.5 Å². The van der Waals surface area contributed by atoms with E-state index in [9.17, 15) is 0 Å². The summed E-state index contributed by atoms with van der Waals surface area (Å²) < 4.78 is 0. The second-order valence-corrected chi connectivity index (χ2v) is 5.16. The van der Waals surface area contributed by atoms with E-state index in [1.54, 1.807) is 0 Å². The molecule has 0 aromatic rings. The fourth-order valence-electron chi connectivity index (χ4n) is 3.01. The number of hydrogen-bond donors (Lipinski definition) is 0. The van der Waals surface area contributed by atoms with Gasteiger partial charge >= 0.3 is 0 Å². The van der Waals surface area contributed by atoms with Crippen LogP contribution in [0.4, 0.5) is 0 Å². The van der Waals surface area contributed by atoms with Crippen molar-refractivity contribution in [1.82, 2.24) is 4.90 Å². The Morgan fingerprint density at radius 3 is 2.54 bits per heavy atom. The van der Waals surface area contributed by atoms with E-state index < -0.39 is 0 Å². The van der Waals surface area contributed by atoms with Crippen LogP contribution in [0.25, 0.3) is 0 Å². The summed E-state index contributed by atoms with van der Waals surface area (Å²) in [5, 5.41) is 0. The van der Waals surface area contributed by atoms with Crippen molar-refractivity contribution in [2.45, 2.75) is 45.4 Å². The quantitative estimate of drug-likeness (QED) is 0.633. The minimum Gasteiger partial charge on any atom is -0.303 e. The minimum atomic E-state index is 0.954. The van der Waals surface area contributed by atoms with E-state index in [1.165, 1.54) is 58.2 Å². The average molecular weight is 181 g/mol. The van der Waals surface area contributed by atoms with Crippen LogP contribution in [0.3, 0.4) is 0 Å². The zero-order chi connectivity index (χ0) is 9.10. The van der Waals surface area contributed by atoms with Gasteiger partial charge < -0.3 is 4.90 Å². The van der Waals surface area contributed by atoms with Crippen molar-refractivity contribution in [3.8, 4) is 0 Å². The second kappa shape index (κ2) is 4.45. The molecule has 1 heterocycles. The van der Waals surface area contributed by atoms with Gasteiger partial charge in [-0.1, -0.05) is 19.8 Å². The summed E-state index contributed by atoms with van der Waals surface area (Å²) in [5.41, 5.74) is 0. The molecule has 1 saturated carbocycles. The Balaban J connectivity index is 1.73. The summed E-state index contributed by atoms with van der Waals surface area (Å²) in [4.78, 5) is 2.71. The molecule has 1 nitrogen and oxygen atoms in total. The third-order valence-electron chi connectivity index (χ3n) is 3.73. The van der Waals surface area contributed by atoms with Crippen molar-refractivity contribution < 1.29 is 0 Å². The number of nitrogens with zero attached hydrogens (tertiary/aromatic N) is 1. The normalized spacial score (nSPS) is 32.5. The van der Waals surface area contributed by atoms with Crippen LogP contribution < -0.4 is 0 Å². The van der Waals surface area contributed by atoms with Crippen LogP contribution >= 0.6 is 0 Å². The molecule has 2 fully saturated rings. The van der Waals surface area contributed by atoms with E-state index in [2.05, 4.69) is 11.8 Å². The van der Waals surface area contributed by atoms with Crippen LogP contribution in [0, 0.1) is 11.8 Å². The Morgan fingerprint density at radius 1 is 1.08 bits per heavy atom. The van der Waals surface area contributed by atoms with Gasteiger partial charge in [0.1, 0.15) is 0 Å². The molecule has 0 radical (unpaired) electrons. The molecular formula is C12H23N. The standard InChI is InChI=1S/C12H23N/c1-11-5-4-8-13(9-11)10-12-6-2-3-7-12/h11-12H,2-10H2,1H3. The molecule has 1 heteroatoms. The molecule has 0 N–H and O–H groups in total. The first-order chi connectivity index (χ1) is 6.34. The second-order valence-electron chi connectivity index (χ2n) is 5.16. The highest BCUT2D eigenvalue weighted by Crippen LogP contribution is 2.27. The van der Waals surface area contributed by atoms with Crippen molar-refractivity contribution in [3.63, 3.8) is 0 Å². The first-order valence-electron chi connectivity index (χ1n) is 6.07. The zero-order valence-electron chi connectivity index (χ0n) is 8.97. The van der Waals surface area contributed by atoms with Crippen LogP contribution in [-0.2, 0) is 0 Å². The lowest BCUT2D eigenvalue weighted by Gasteiger charge is -2.32. The fraction of sp³-hybridized carbons (Fsp3) is 1.00. The lowest BCUT2D eigenvalue weighted by Crippen LogP contribution is -2.37. The summed E-state index contributed by atoms with van der Waals surface area (Å²) in [6, 6.07) is 0. The monoisotopic (exact) mass is 181 g/mol. The smallest absolute Gasteiger partial charge is 0.000977 e. The van der Waals surface area contributed by atoms with Crippen LogP contribution in [-0.4, -0.2) is 24.5 Å². The highest BCUT2D eigenvalue weighted by molar-refractivity contribution is 4.75. The lowest BCUT2D eigenvalue weighted by atomic mass is 9.98. The molecule has 1 unspecified atom stereocenters. The van der Waals surface area contributed by atoms with Gasteiger partial charge in [-0.05, 0) is 44.1 Å². The summed E-state index contributed by atoms with van der Waals surface area (Å²) in [6.07, 6.45) is 8.90. The van der Waals surface area contributed by atoms with E-state index in [0.717, 1.165) is 11.8 Å². The first-order valence-corrected chi connectivity index (χ1v) is 6.07. The SMILES string of the molecule is CC1CCCN(CC2CCCC2)C1. The maximum atomic E-state index is 2.71. The van der Waals surface area contributed by atoms with Crippen LogP contribution in [0.15, 0.2) is 0 Å². The van der Waals surface area contributed by atoms with Gasteiger partial charge in [-0.15, -0.1) is 0 Å². The molecule has 1 aliphatic carbocycles. The van der Waals surface area contributed by atoms with Crippen molar-refractivity contribution in [2.24, 2.45) is 11.8 Å². The molecule has 1 saturated heterocycles. The third-order valence-corrected chi connectivity index (χ3v) is 3.73. The Bertz CT molecular complexity index is 149. The van der Waals surface area contributed by atoms with Crippen molar-refractivity contribution in [3.05, 3.63) is 0 Å². The first kappa shape index (κ1) is 9.51. The zero-order valence-corrected chi connectivity index (χ0v) is 8.97. The molecule has 2 rings (SSSR count). The maximum absolute atomic E-state index is 2.71. The maximum Gasteiger partial charge on any atom is 0.000977 e. The van der Waals surface area contributed by atoms with E-state index in [0.29, 0.717) is 0 Å². The molecule has 0 aromatic heterocycles. The van der Waals surface area contributed by atoms with Gasteiger partial charge in [0.05, 0.1) is 0 Å². The average Bonchev–Trinajstić information content (AvgIpc) is 2.57. The Hall–Kier alpha value is -0.0400. The number of hydrogen-bond acceptors (Lipinski definition) is 1. The summed E-state index contributed by atoms with van der Waals surface area (Å²) >= 11 is 0. The van der Waals surface area contributed by atoms with Gasteiger partial charge in [0.2, 0.25) is 0 Å². The largest absolute Gasteiger partial charge is 0.303 e. The molecule has 0 aromatic carbocycles. The lowest BCUT2D eigenvalue weighted by molar-refractivity contribution is 0.160. The third kappa shape index (κ3) is 2.70. The minimum absolute atomic E-state index is 0.954. The molecular weight excluding hydrogens is 158 g/mol. The highest BCUT2D eigenvalue weighted by Gasteiger charge is 2.21. The molecule has 0 spiro atoms. The van der Waals surface area contributed by atoms with Crippen LogP contribution in [0.2, 0.25) is 0 Å². The molecule has 1 aliphatic heterocycles. The van der Waals surface area contributed by atoms with Crippen molar-refractivity contribution >= 4 is 0 Å². The van der Waals surface area contributed by atoms with Crippen LogP contribution in [0.1, 0.15) is 45.4 Å². The van der Waals surface area contributed by atoms with E-state index in [-0.39, 0.29) is 0 Å². The van der Waals surface area contributed by atoms with E-state index in [1.807, 2.05) is 0 Å². The predicted octanol–water partition coefficient (Wildman–Crippen LogP) is 2.91. The topological polar surface area (TPSA) is 3.24 Å².